The molecule has 0 bridgehead atoms. The third-order valence-electron chi connectivity index (χ3n) is 3.31. The van der Waals surface area contributed by atoms with Gasteiger partial charge in [-0.2, -0.15) is 0 Å². The van der Waals surface area contributed by atoms with E-state index < -0.39 is 0 Å². The van der Waals surface area contributed by atoms with Crippen LogP contribution in [0.1, 0.15) is 0 Å². The maximum Gasteiger partial charge on any atom is 0.124 e. The molecule has 22 heavy (non-hydrogen) atoms. The highest BCUT2D eigenvalue weighted by Crippen LogP contribution is 2.32. The van der Waals surface area contributed by atoms with E-state index in [4.69, 9.17) is 9.97 Å². The lowest BCUT2D eigenvalue weighted by Gasteiger charge is -1.94. The Bertz CT molecular complexity index is 804. The maximum absolute atomic E-state index is 4.72. The molecule has 2 nitrogen and oxygen atoms in total. The van der Waals surface area contributed by atoms with Gasteiger partial charge in [0.1, 0.15) is 21.4 Å². The molecule has 106 valence electrons. The number of hydrogen-bond acceptors (Lipinski definition) is 4. The monoisotopic (exact) mass is 320 g/mol. The summed E-state index contributed by atoms with van der Waals surface area (Å²) in [5, 5.41) is 6.22. The van der Waals surface area contributed by atoms with Crippen molar-refractivity contribution in [1.82, 2.24) is 9.97 Å². The van der Waals surface area contributed by atoms with E-state index in [9.17, 15) is 0 Å². The molecule has 0 aliphatic rings. The van der Waals surface area contributed by atoms with Crippen molar-refractivity contribution in [3.8, 4) is 32.5 Å². The van der Waals surface area contributed by atoms with Crippen molar-refractivity contribution in [1.29, 1.82) is 0 Å². The van der Waals surface area contributed by atoms with Gasteiger partial charge >= 0.3 is 0 Å². The van der Waals surface area contributed by atoms with Crippen molar-refractivity contribution in [3.63, 3.8) is 0 Å². The van der Waals surface area contributed by atoms with Crippen LogP contribution in [0.25, 0.3) is 32.5 Å². The van der Waals surface area contributed by atoms with Gasteiger partial charge in [-0.15, -0.1) is 22.7 Å². The number of nitrogens with zero attached hydrogens (tertiary/aromatic N) is 2. The molecule has 2 heterocycles. The Labute approximate surface area is 136 Å². The van der Waals surface area contributed by atoms with Gasteiger partial charge in [-0.05, 0) is 0 Å². The molecule has 0 amide bonds. The minimum absolute atomic E-state index is 0.947. The molecule has 0 fully saturated rings. The number of benzene rings is 2. The molecule has 0 spiro atoms. The van der Waals surface area contributed by atoms with Gasteiger partial charge in [0.15, 0.2) is 0 Å². The molecule has 0 atom stereocenters. The van der Waals surface area contributed by atoms with E-state index in [1.165, 1.54) is 0 Å². The van der Waals surface area contributed by atoms with Gasteiger partial charge in [0.05, 0.1) is 0 Å². The average Bonchev–Trinajstić information content (AvgIpc) is 3.26. The second kappa shape index (κ2) is 5.83. The molecule has 4 aromatic rings. The third kappa shape index (κ3) is 2.58. The van der Waals surface area contributed by atoms with Crippen LogP contribution in [0, 0.1) is 0 Å². The summed E-state index contributed by atoms with van der Waals surface area (Å²) in [4.78, 5) is 9.44. The summed E-state index contributed by atoms with van der Waals surface area (Å²) in [5.74, 6) is 0. The lowest BCUT2D eigenvalue weighted by molar-refractivity contribution is 1.33. The first-order valence-electron chi connectivity index (χ1n) is 6.92. The summed E-state index contributed by atoms with van der Waals surface area (Å²) >= 11 is 3.31. The Morgan fingerprint density at radius 3 is 1.36 bits per heavy atom. The van der Waals surface area contributed by atoms with Gasteiger partial charge in [-0.1, -0.05) is 60.7 Å². The minimum atomic E-state index is 0.947. The fourth-order valence-corrected chi connectivity index (χ4v) is 3.85. The highest BCUT2D eigenvalue weighted by molar-refractivity contribution is 7.14. The Hall–Kier alpha value is -2.30. The normalized spacial score (nSPS) is 10.7. The van der Waals surface area contributed by atoms with Crippen LogP contribution in [0.5, 0.6) is 0 Å². The summed E-state index contributed by atoms with van der Waals surface area (Å²) in [6.45, 7) is 0. The van der Waals surface area contributed by atoms with Gasteiger partial charge in [0.2, 0.25) is 0 Å². The molecule has 0 saturated carbocycles. The summed E-state index contributed by atoms with van der Waals surface area (Å²) in [5.41, 5.74) is 4.19. The predicted octanol–water partition coefficient (Wildman–Crippen LogP) is 5.60. The van der Waals surface area contributed by atoms with Gasteiger partial charge < -0.3 is 0 Å². The summed E-state index contributed by atoms with van der Waals surface area (Å²) in [7, 11) is 0. The molecule has 2 aromatic heterocycles. The van der Waals surface area contributed by atoms with E-state index in [0.29, 0.717) is 0 Å². The highest BCUT2D eigenvalue weighted by atomic mass is 32.1. The van der Waals surface area contributed by atoms with E-state index in [1.54, 1.807) is 22.7 Å². The summed E-state index contributed by atoms with van der Waals surface area (Å²) < 4.78 is 0. The van der Waals surface area contributed by atoms with Gasteiger partial charge in [0, 0.05) is 21.9 Å². The Morgan fingerprint density at radius 2 is 0.955 bits per heavy atom. The zero-order valence-electron chi connectivity index (χ0n) is 11.6. The van der Waals surface area contributed by atoms with E-state index in [1.807, 2.05) is 36.4 Å². The largest absolute Gasteiger partial charge is 0.234 e. The second-order valence-electron chi connectivity index (χ2n) is 4.81. The first kappa shape index (κ1) is 13.4. The van der Waals surface area contributed by atoms with Crippen molar-refractivity contribution >= 4 is 22.7 Å². The maximum atomic E-state index is 4.72. The quantitative estimate of drug-likeness (QED) is 0.491. The molecular formula is C18H12N2S2. The predicted molar refractivity (Wildman–Crippen MR) is 94.1 cm³/mol. The lowest BCUT2D eigenvalue weighted by atomic mass is 10.2. The fraction of sp³-hybridized carbons (Fsp3) is 0. The topological polar surface area (TPSA) is 25.8 Å². The van der Waals surface area contributed by atoms with Crippen LogP contribution in [-0.4, -0.2) is 9.97 Å². The van der Waals surface area contributed by atoms with Crippen molar-refractivity contribution in [2.75, 3.05) is 0 Å². The average molecular weight is 320 g/mol. The molecule has 0 unspecified atom stereocenters. The molecular weight excluding hydrogens is 308 g/mol. The van der Waals surface area contributed by atoms with E-state index in [2.05, 4.69) is 35.0 Å². The molecule has 0 radical (unpaired) electrons. The zero-order chi connectivity index (χ0) is 14.8. The number of thiazole rings is 2. The summed E-state index contributed by atoms with van der Waals surface area (Å²) in [6.07, 6.45) is 0. The third-order valence-corrected chi connectivity index (χ3v) is 5.09. The van der Waals surface area contributed by atoms with Crippen molar-refractivity contribution < 1.29 is 0 Å². The first-order valence-corrected chi connectivity index (χ1v) is 8.68. The van der Waals surface area contributed by atoms with Gasteiger partial charge in [0.25, 0.3) is 0 Å². The molecule has 0 aliphatic carbocycles. The van der Waals surface area contributed by atoms with Gasteiger partial charge in [-0.3, -0.25) is 0 Å². The molecule has 4 rings (SSSR count). The first-order chi connectivity index (χ1) is 10.9. The highest BCUT2D eigenvalue weighted by Gasteiger charge is 2.10. The van der Waals surface area contributed by atoms with Gasteiger partial charge in [-0.25, -0.2) is 9.97 Å². The Kier molecular flexibility index (Phi) is 3.54. The molecule has 0 N–H and O–H groups in total. The molecule has 0 saturated heterocycles. The van der Waals surface area contributed by atoms with Crippen LogP contribution < -0.4 is 0 Å². The van der Waals surface area contributed by atoms with Crippen molar-refractivity contribution in [3.05, 3.63) is 71.4 Å². The lowest BCUT2D eigenvalue weighted by Crippen LogP contribution is -1.80. The van der Waals surface area contributed by atoms with Crippen LogP contribution >= 0.6 is 22.7 Å². The SMILES string of the molecule is c1ccc(-c2nc(-c3csc(-c4ccccc4)n3)cs2)cc1. The van der Waals surface area contributed by atoms with Crippen LogP contribution in [-0.2, 0) is 0 Å². The number of hydrogen-bond donors (Lipinski definition) is 0. The molecule has 0 aliphatic heterocycles. The fourth-order valence-electron chi connectivity index (χ4n) is 2.21. The number of aromatic nitrogens is 2. The summed E-state index contributed by atoms with van der Waals surface area (Å²) in [6, 6.07) is 20.5. The second-order valence-corrected chi connectivity index (χ2v) is 6.52. The Balaban J connectivity index is 1.66. The van der Waals surface area contributed by atoms with Crippen LogP contribution in [0.3, 0.4) is 0 Å². The standard InChI is InChI=1S/C18H12N2S2/c1-3-7-13(8-4-1)17-19-15(11-21-17)16-12-22-18(20-16)14-9-5-2-6-10-14/h1-12H. The zero-order valence-corrected chi connectivity index (χ0v) is 13.3. The van der Waals surface area contributed by atoms with E-state index in [0.717, 1.165) is 32.5 Å². The number of rotatable bonds is 3. The van der Waals surface area contributed by atoms with E-state index in [-0.39, 0.29) is 0 Å². The molecule has 4 heteroatoms. The van der Waals surface area contributed by atoms with Crippen molar-refractivity contribution in [2.24, 2.45) is 0 Å². The van der Waals surface area contributed by atoms with Crippen LogP contribution in [0.15, 0.2) is 71.4 Å². The Morgan fingerprint density at radius 1 is 0.545 bits per heavy atom. The smallest absolute Gasteiger partial charge is 0.124 e. The van der Waals surface area contributed by atoms with E-state index >= 15 is 0 Å². The van der Waals surface area contributed by atoms with Crippen LogP contribution in [0.2, 0.25) is 0 Å². The molecule has 2 aromatic carbocycles. The van der Waals surface area contributed by atoms with Crippen molar-refractivity contribution in [2.45, 2.75) is 0 Å². The minimum Gasteiger partial charge on any atom is -0.234 e. The van der Waals surface area contributed by atoms with Crippen LogP contribution in [0.4, 0.5) is 0 Å².